The Labute approximate surface area is 111 Å². The largest absolute Gasteiger partial charge is 0.497 e. The quantitative estimate of drug-likeness (QED) is 0.900. The van der Waals surface area contributed by atoms with E-state index in [-0.39, 0.29) is 0 Å². The van der Waals surface area contributed by atoms with Crippen molar-refractivity contribution in [1.29, 1.82) is 0 Å². The van der Waals surface area contributed by atoms with Gasteiger partial charge in [0.1, 0.15) is 11.5 Å². The van der Waals surface area contributed by atoms with E-state index in [0.29, 0.717) is 6.54 Å². The number of benzene rings is 1. The average Bonchev–Trinajstić information content (AvgIpc) is 2.87. The van der Waals surface area contributed by atoms with Crippen LogP contribution in [0.5, 0.6) is 11.5 Å². The van der Waals surface area contributed by atoms with E-state index in [1.807, 2.05) is 18.2 Å². The number of rotatable bonds is 5. The van der Waals surface area contributed by atoms with Crippen LogP contribution in [0.15, 0.2) is 24.3 Å². The topological polar surface area (TPSA) is 57.4 Å². The van der Waals surface area contributed by atoms with Gasteiger partial charge in [0.25, 0.3) is 0 Å². The molecule has 2 N–H and O–H groups in total. The summed E-state index contributed by atoms with van der Waals surface area (Å²) in [7, 11) is 3.30. The summed E-state index contributed by atoms with van der Waals surface area (Å²) in [5, 5.41) is 0. The number of methoxy groups -OCH3 is 2. The first-order chi connectivity index (χ1) is 8.78. The zero-order valence-electron chi connectivity index (χ0n) is 10.5. The Bertz CT molecular complexity index is 525. The zero-order chi connectivity index (χ0) is 13.0. The van der Waals surface area contributed by atoms with Crippen molar-refractivity contribution in [2.75, 3.05) is 20.8 Å². The van der Waals surface area contributed by atoms with Crippen LogP contribution >= 0.6 is 11.5 Å². The molecule has 2 aromatic rings. The summed E-state index contributed by atoms with van der Waals surface area (Å²) in [5.41, 5.74) is 7.39. The van der Waals surface area contributed by atoms with Crippen molar-refractivity contribution in [2.45, 2.75) is 6.42 Å². The Morgan fingerprint density at radius 1 is 1.22 bits per heavy atom. The highest BCUT2D eigenvalue weighted by Crippen LogP contribution is 2.33. The zero-order valence-corrected chi connectivity index (χ0v) is 11.3. The average molecular weight is 264 g/mol. The fourth-order valence-electron chi connectivity index (χ4n) is 1.71. The third-order valence-electron chi connectivity index (χ3n) is 2.63. The molecule has 0 aliphatic carbocycles. The molecule has 1 aromatic heterocycles. The summed E-state index contributed by atoms with van der Waals surface area (Å²) in [6, 6.07) is 7.74. The Hall–Kier alpha value is -1.59. The monoisotopic (exact) mass is 264 g/mol. The van der Waals surface area contributed by atoms with Crippen molar-refractivity contribution < 1.29 is 9.47 Å². The summed E-state index contributed by atoms with van der Waals surface area (Å²) in [6.45, 7) is 0.636. The lowest BCUT2D eigenvalue weighted by Gasteiger charge is -2.08. The van der Waals surface area contributed by atoms with Crippen LogP contribution in [0.2, 0.25) is 0 Å². The highest BCUT2D eigenvalue weighted by molar-refractivity contribution is 7.06. The van der Waals surface area contributed by atoms with Gasteiger partial charge in [-0.1, -0.05) is 0 Å². The molecule has 18 heavy (non-hydrogen) atoms. The van der Waals surface area contributed by atoms with Crippen LogP contribution in [0, 0.1) is 0 Å². The summed E-state index contributed by atoms with van der Waals surface area (Å²) in [5.74, 6) is 1.58. The number of aromatic nitrogens is 1. The highest BCUT2D eigenvalue weighted by atomic mass is 32.1. The van der Waals surface area contributed by atoms with Gasteiger partial charge in [0.2, 0.25) is 0 Å². The van der Waals surface area contributed by atoms with E-state index in [9.17, 15) is 0 Å². The van der Waals surface area contributed by atoms with E-state index in [0.717, 1.165) is 29.2 Å². The summed E-state index contributed by atoms with van der Waals surface area (Å²) in [4.78, 5) is 1.18. The molecule has 0 bridgehead atoms. The van der Waals surface area contributed by atoms with Crippen molar-refractivity contribution in [3.63, 3.8) is 0 Å². The lowest BCUT2D eigenvalue weighted by atomic mass is 10.1. The summed E-state index contributed by atoms with van der Waals surface area (Å²) >= 11 is 1.48. The van der Waals surface area contributed by atoms with Crippen molar-refractivity contribution >= 4 is 11.5 Å². The summed E-state index contributed by atoms with van der Waals surface area (Å²) < 4.78 is 15.0. The van der Waals surface area contributed by atoms with E-state index in [4.69, 9.17) is 15.2 Å². The molecule has 96 valence electrons. The first kappa shape index (κ1) is 12.9. The van der Waals surface area contributed by atoms with Crippen molar-refractivity contribution in [3.05, 3.63) is 29.1 Å². The van der Waals surface area contributed by atoms with Gasteiger partial charge in [0.15, 0.2) is 0 Å². The molecule has 2 rings (SSSR count). The van der Waals surface area contributed by atoms with Crippen LogP contribution in [0.25, 0.3) is 11.3 Å². The van der Waals surface area contributed by atoms with Gasteiger partial charge >= 0.3 is 0 Å². The van der Waals surface area contributed by atoms with Gasteiger partial charge < -0.3 is 15.2 Å². The van der Waals surface area contributed by atoms with Gasteiger partial charge in [-0.25, -0.2) is 0 Å². The molecule has 0 saturated carbocycles. The fourth-order valence-corrected chi connectivity index (χ4v) is 2.45. The normalized spacial score (nSPS) is 10.4. The molecule has 0 aliphatic rings. The Morgan fingerprint density at radius 3 is 2.72 bits per heavy atom. The molecule has 0 unspecified atom stereocenters. The van der Waals surface area contributed by atoms with Crippen LogP contribution in [0.1, 0.15) is 4.88 Å². The van der Waals surface area contributed by atoms with Crippen LogP contribution in [-0.2, 0) is 6.42 Å². The lowest BCUT2D eigenvalue weighted by Crippen LogP contribution is -2.00. The maximum Gasteiger partial charge on any atom is 0.128 e. The number of nitrogens with two attached hydrogens (primary N) is 1. The van der Waals surface area contributed by atoms with Gasteiger partial charge in [-0.15, -0.1) is 0 Å². The molecule has 1 aromatic carbocycles. The van der Waals surface area contributed by atoms with Crippen LogP contribution < -0.4 is 15.2 Å². The minimum absolute atomic E-state index is 0.636. The second kappa shape index (κ2) is 5.84. The molecule has 0 aliphatic heterocycles. The third-order valence-corrected chi connectivity index (χ3v) is 3.48. The Morgan fingerprint density at radius 2 is 2.06 bits per heavy atom. The van der Waals surface area contributed by atoms with E-state index in [1.165, 1.54) is 16.4 Å². The second-order valence-electron chi connectivity index (χ2n) is 3.78. The molecule has 0 spiro atoms. The van der Waals surface area contributed by atoms with E-state index < -0.39 is 0 Å². The lowest BCUT2D eigenvalue weighted by molar-refractivity contribution is 0.404. The minimum Gasteiger partial charge on any atom is -0.497 e. The predicted octanol–water partition coefficient (Wildman–Crippen LogP) is 2.33. The minimum atomic E-state index is 0.636. The van der Waals surface area contributed by atoms with Gasteiger partial charge in [-0.2, -0.15) is 4.37 Å². The molecule has 4 nitrogen and oxygen atoms in total. The molecule has 0 saturated heterocycles. The van der Waals surface area contributed by atoms with Crippen LogP contribution in [0.3, 0.4) is 0 Å². The number of hydrogen-bond donors (Lipinski definition) is 1. The van der Waals surface area contributed by atoms with Crippen molar-refractivity contribution in [1.82, 2.24) is 4.37 Å². The van der Waals surface area contributed by atoms with Gasteiger partial charge in [0, 0.05) is 10.4 Å². The Balaban J connectivity index is 2.40. The molecule has 0 atom stereocenters. The second-order valence-corrected chi connectivity index (χ2v) is 4.67. The van der Waals surface area contributed by atoms with Gasteiger partial charge in [-0.3, -0.25) is 0 Å². The maximum absolute atomic E-state index is 5.54. The number of nitrogens with zero attached hydrogens (tertiary/aromatic N) is 1. The van der Waals surface area contributed by atoms with Crippen molar-refractivity contribution in [3.8, 4) is 22.8 Å². The van der Waals surface area contributed by atoms with E-state index >= 15 is 0 Å². The van der Waals surface area contributed by atoms with E-state index in [2.05, 4.69) is 10.4 Å². The predicted molar refractivity (Wildman–Crippen MR) is 73.4 cm³/mol. The van der Waals surface area contributed by atoms with Gasteiger partial charge in [-0.05, 0) is 48.8 Å². The molecule has 5 heteroatoms. The molecule has 1 heterocycles. The van der Waals surface area contributed by atoms with Crippen LogP contribution in [0.4, 0.5) is 0 Å². The smallest absolute Gasteiger partial charge is 0.128 e. The van der Waals surface area contributed by atoms with E-state index in [1.54, 1.807) is 14.2 Å². The van der Waals surface area contributed by atoms with Crippen molar-refractivity contribution in [2.24, 2.45) is 5.73 Å². The fraction of sp³-hybridized carbons (Fsp3) is 0.308. The van der Waals surface area contributed by atoms with Crippen LogP contribution in [-0.4, -0.2) is 25.1 Å². The molecular formula is C13H16N2O2S. The first-order valence-electron chi connectivity index (χ1n) is 5.66. The SMILES string of the molecule is COc1ccc(OC)c(-c2cc(CCN)sn2)c1. The number of ether oxygens (including phenoxy) is 2. The number of hydrogen-bond acceptors (Lipinski definition) is 5. The molecule has 0 radical (unpaired) electrons. The summed E-state index contributed by atoms with van der Waals surface area (Å²) in [6.07, 6.45) is 0.851. The molecule has 0 amide bonds. The highest BCUT2D eigenvalue weighted by Gasteiger charge is 2.11. The third kappa shape index (κ3) is 2.63. The molecular weight excluding hydrogens is 248 g/mol. The molecule has 0 fully saturated rings. The van der Waals surface area contributed by atoms with Gasteiger partial charge in [0.05, 0.1) is 19.9 Å². The standard InChI is InChI=1S/C13H16N2O2S/c1-16-9-3-4-13(17-2)11(7-9)12-8-10(5-6-14)18-15-12/h3-4,7-8H,5-6,14H2,1-2H3. The first-order valence-corrected chi connectivity index (χ1v) is 6.44. The Kier molecular flexibility index (Phi) is 4.17. The maximum atomic E-state index is 5.54.